The predicted molar refractivity (Wildman–Crippen MR) is 132 cm³/mol. The van der Waals surface area contributed by atoms with Gasteiger partial charge < -0.3 is 24.7 Å². The van der Waals surface area contributed by atoms with E-state index in [2.05, 4.69) is 11.9 Å². The van der Waals surface area contributed by atoms with Crippen LogP contribution in [0, 0.1) is 0 Å². The lowest BCUT2D eigenvalue weighted by Crippen LogP contribution is -2.36. The van der Waals surface area contributed by atoms with Crippen LogP contribution in [0.15, 0.2) is 48.5 Å². The second-order valence-electron chi connectivity index (χ2n) is 8.92. The molecule has 1 atom stereocenters. The summed E-state index contributed by atoms with van der Waals surface area (Å²) in [6.45, 7) is 1.52. The van der Waals surface area contributed by atoms with Crippen molar-refractivity contribution in [3.05, 3.63) is 70.9 Å². The molecule has 1 unspecified atom stereocenters. The number of ether oxygens (including phenoxy) is 1. The Hall–Kier alpha value is -3.00. The number of carbonyl (C=O) groups excluding carboxylic acids is 1. The van der Waals surface area contributed by atoms with Crippen LogP contribution in [-0.2, 0) is 19.8 Å². The Morgan fingerprint density at radius 1 is 1.18 bits per heavy atom. The average Bonchev–Trinajstić information content (AvgIpc) is 3.29. The number of aromatic nitrogens is 1. The number of likely N-dealkylation sites (tertiary alicyclic amines) is 1. The number of hydrogen-bond acceptors (Lipinski definition) is 6. The summed E-state index contributed by atoms with van der Waals surface area (Å²) in [7, 11) is 3.64. The minimum absolute atomic E-state index is 0.145. The van der Waals surface area contributed by atoms with E-state index in [0.29, 0.717) is 41.6 Å². The summed E-state index contributed by atoms with van der Waals surface area (Å²) in [6, 6.07) is 15.7. The molecule has 1 aromatic heterocycles. The van der Waals surface area contributed by atoms with Crippen LogP contribution in [0.25, 0.3) is 10.9 Å². The van der Waals surface area contributed by atoms with Crippen LogP contribution in [0.1, 0.15) is 46.4 Å². The summed E-state index contributed by atoms with van der Waals surface area (Å²) in [4.78, 5) is 22.7. The van der Waals surface area contributed by atoms with E-state index in [-0.39, 0.29) is 19.1 Å². The first-order chi connectivity index (χ1) is 16.5. The number of methoxy groups -OCH3 is 1. The van der Waals surface area contributed by atoms with Gasteiger partial charge in [-0.1, -0.05) is 24.3 Å². The molecule has 0 saturated carbocycles. The molecule has 1 saturated heterocycles. The highest BCUT2D eigenvalue weighted by Gasteiger charge is 2.25. The predicted octanol–water partition coefficient (Wildman–Crippen LogP) is 3.35. The van der Waals surface area contributed by atoms with Gasteiger partial charge in [0.15, 0.2) is 0 Å². The molecular formula is C27H33N3O4. The van der Waals surface area contributed by atoms with Gasteiger partial charge in [0.1, 0.15) is 5.75 Å². The molecule has 3 aromatic rings. The molecule has 2 aromatic carbocycles. The van der Waals surface area contributed by atoms with E-state index in [0.717, 1.165) is 36.0 Å². The monoisotopic (exact) mass is 463 g/mol. The van der Waals surface area contributed by atoms with Crippen LogP contribution in [-0.4, -0.2) is 64.2 Å². The SMILES string of the molecule is COc1cc(C(=O)N(CCC2CCCN2C)Cc2ccc3ccccc3n2)cc(CO)c1CO. The number of para-hydroxylation sites is 1. The smallest absolute Gasteiger partial charge is 0.254 e. The Bertz CT molecular complexity index is 1120. The molecule has 2 heterocycles. The van der Waals surface area contributed by atoms with Crippen LogP contribution < -0.4 is 4.74 Å². The number of rotatable bonds is 9. The van der Waals surface area contributed by atoms with Crippen LogP contribution >= 0.6 is 0 Å². The average molecular weight is 464 g/mol. The van der Waals surface area contributed by atoms with E-state index in [4.69, 9.17) is 9.72 Å². The lowest BCUT2D eigenvalue weighted by atomic mass is 10.0. The van der Waals surface area contributed by atoms with Crippen molar-refractivity contribution >= 4 is 16.8 Å². The van der Waals surface area contributed by atoms with Gasteiger partial charge in [-0.15, -0.1) is 0 Å². The Kier molecular flexibility index (Phi) is 7.77. The number of carbonyl (C=O) groups is 1. The molecule has 1 amide bonds. The fourth-order valence-electron chi connectivity index (χ4n) is 4.80. The standard InChI is InChI=1S/C27H33N3O4/c1-29-12-5-7-23(29)11-13-30(16-22-10-9-19-6-3-4-8-25(19)28-22)27(33)20-14-21(17-31)24(18-32)26(15-20)34-2/h3-4,6,8-10,14-15,23,31-32H,5,7,11-13,16-18H2,1-2H3. The molecule has 7 heteroatoms. The first kappa shape index (κ1) is 24.1. The molecular weight excluding hydrogens is 430 g/mol. The lowest BCUT2D eigenvalue weighted by Gasteiger charge is -2.27. The van der Waals surface area contributed by atoms with Gasteiger partial charge in [-0.3, -0.25) is 9.78 Å². The second-order valence-corrected chi connectivity index (χ2v) is 8.92. The van der Waals surface area contributed by atoms with Gasteiger partial charge in [-0.25, -0.2) is 0 Å². The van der Waals surface area contributed by atoms with Crippen molar-refractivity contribution in [2.45, 2.75) is 45.1 Å². The zero-order chi connectivity index (χ0) is 24.1. The lowest BCUT2D eigenvalue weighted by molar-refractivity contribution is 0.0726. The van der Waals surface area contributed by atoms with Gasteiger partial charge in [0.2, 0.25) is 0 Å². The van der Waals surface area contributed by atoms with Crippen LogP contribution in [0.5, 0.6) is 5.75 Å². The molecule has 1 aliphatic heterocycles. The Labute approximate surface area is 200 Å². The summed E-state index contributed by atoms with van der Waals surface area (Å²) in [6.07, 6.45) is 3.20. The normalized spacial score (nSPS) is 16.2. The Balaban J connectivity index is 1.64. The minimum atomic E-state index is -0.285. The molecule has 0 aliphatic carbocycles. The largest absolute Gasteiger partial charge is 0.496 e. The molecule has 1 aliphatic rings. The molecule has 1 fully saturated rings. The van der Waals surface area contributed by atoms with Crippen molar-refractivity contribution in [3.8, 4) is 5.75 Å². The maximum Gasteiger partial charge on any atom is 0.254 e. The second kappa shape index (κ2) is 11.0. The van der Waals surface area contributed by atoms with Gasteiger partial charge in [0.05, 0.1) is 38.1 Å². The van der Waals surface area contributed by atoms with E-state index in [1.54, 1.807) is 12.1 Å². The van der Waals surface area contributed by atoms with E-state index in [9.17, 15) is 15.0 Å². The fourth-order valence-corrected chi connectivity index (χ4v) is 4.80. The number of fused-ring (bicyclic) bond motifs is 1. The third kappa shape index (κ3) is 5.22. The van der Waals surface area contributed by atoms with Crippen molar-refractivity contribution in [1.82, 2.24) is 14.8 Å². The number of hydrogen-bond donors (Lipinski definition) is 2. The van der Waals surface area contributed by atoms with Crippen molar-refractivity contribution in [2.75, 3.05) is 27.2 Å². The molecule has 0 spiro atoms. The van der Waals surface area contributed by atoms with Gasteiger partial charge in [-0.2, -0.15) is 0 Å². The van der Waals surface area contributed by atoms with Gasteiger partial charge in [0, 0.05) is 29.1 Å². The number of aliphatic hydroxyl groups is 2. The summed E-state index contributed by atoms with van der Waals surface area (Å²) >= 11 is 0. The number of aliphatic hydroxyl groups excluding tert-OH is 2. The maximum absolute atomic E-state index is 13.7. The van der Waals surface area contributed by atoms with Crippen molar-refractivity contribution < 1.29 is 19.7 Å². The first-order valence-corrected chi connectivity index (χ1v) is 11.8. The molecule has 7 nitrogen and oxygen atoms in total. The third-order valence-electron chi connectivity index (χ3n) is 6.80. The molecule has 0 bridgehead atoms. The van der Waals surface area contributed by atoms with Gasteiger partial charge in [0.25, 0.3) is 5.91 Å². The topological polar surface area (TPSA) is 86.1 Å². The van der Waals surface area contributed by atoms with E-state index in [1.165, 1.54) is 13.5 Å². The quantitative estimate of drug-likeness (QED) is 0.506. The van der Waals surface area contributed by atoms with Crippen LogP contribution in [0.3, 0.4) is 0 Å². The summed E-state index contributed by atoms with van der Waals surface area (Å²) in [5, 5.41) is 20.6. The van der Waals surface area contributed by atoms with Crippen LogP contribution in [0.4, 0.5) is 0 Å². The number of nitrogens with zero attached hydrogens (tertiary/aromatic N) is 3. The molecule has 180 valence electrons. The minimum Gasteiger partial charge on any atom is -0.496 e. The third-order valence-corrected chi connectivity index (χ3v) is 6.80. The summed E-state index contributed by atoms with van der Waals surface area (Å²) < 4.78 is 5.41. The maximum atomic E-state index is 13.7. The van der Waals surface area contributed by atoms with Crippen molar-refractivity contribution in [3.63, 3.8) is 0 Å². The fraction of sp³-hybridized carbons (Fsp3) is 0.407. The number of amides is 1. The zero-order valence-corrected chi connectivity index (χ0v) is 19.9. The van der Waals surface area contributed by atoms with E-state index in [1.807, 2.05) is 41.3 Å². The molecule has 4 rings (SSSR count). The van der Waals surface area contributed by atoms with Gasteiger partial charge >= 0.3 is 0 Å². The molecule has 2 N–H and O–H groups in total. The van der Waals surface area contributed by atoms with Crippen molar-refractivity contribution in [2.24, 2.45) is 0 Å². The summed E-state index contributed by atoms with van der Waals surface area (Å²) in [5.41, 5.74) is 3.15. The zero-order valence-electron chi connectivity index (χ0n) is 19.9. The van der Waals surface area contributed by atoms with Crippen LogP contribution in [0.2, 0.25) is 0 Å². The summed E-state index contributed by atoms with van der Waals surface area (Å²) in [5.74, 6) is 0.254. The first-order valence-electron chi connectivity index (χ1n) is 11.8. The Morgan fingerprint density at radius 3 is 2.71 bits per heavy atom. The van der Waals surface area contributed by atoms with E-state index >= 15 is 0 Å². The highest BCUT2D eigenvalue weighted by Crippen LogP contribution is 2.27. The Morgan fingerprint density at radius 2 is 2.00 bits per heavy atom. The molecule has 34 heavy (non-hydrogen) atoms. The highest BCUT2D eigenvalue weighted by molar-refractivity contribution is 5.95. The molecule has 0 radical (unpaired) electrons. The van der Waals surface area contributed by atoms with Gasteiger partial charge in [-0.05, 0) is 62.7 Å². The number of benzene rings is 2. The number of pyridine rings is 1. The highest BCUT2D eigenvalue weighted by atomic mass is 16.5. The van der Waals surface area contributed by atoms with E-state index < -0.39 is 0 Å². The van der Waals surface area contributed by atoms with Crippen molar-refractivity contribution in [1.29, 1.82) is 0 Å².